The van der Waals surface area contributed by atoms with E-state index in [0.29, 0.717) is 12.1 Å². The molecule has 1 aromatic heterocycles. The van der Waals surface area contributed by atoms with Crippen LogP contribution in [0.3, 0.4) is 0 Å². The highest BCUT2D eigenvalue weighted by atomic mass is 16.5. The maximum Gasteiger partial charge on any atom is 0.331 e. The predicted octanol–water partition coefficient (Wildman–Crippen LogP) is 2.57. The number of carbonyl (C=O) groups excluding carboxylic acids is 2. The van der Waals surface area contributed by atoms with E-state index in [-0.39, 0.29) is 12.5 Å². The zero-order valence-corrected chi connectivity index (χ0v) is 12.7. The lowest BCUT2D eigenvalue weighted by molar-refractivity contribution is -0.137. The highest BCUT2D eigenvalue weighted by molar-refractivity contribution is 6.34. The molecule has 0 N–H and O–H groups in total. The topological polar surface area (TPSA) is 59.5 Å². The molecule has 0 atom stereocenters. The molecule has 1 aliphatic heterocycles. The molecule has 1 amide bonds. The van der Waals surface area contributed by atoms with Crippen LogP contribution in [-0.4, -0.2) is 23.5 Å². The molecule has 0 fully saturated rings. The summed E-state index contributed by atoms with van der Waals surface area (Å²) in [5, 5.41) is 0. The largest absolute Gasteiger partial charge is 0.463 e. The van der Waals surface area contributed by atoms with Crippen LogP contribution in [0.25, 0.3) is 5.57 Å². The van der Waals surface area contributed by atoms with Crippen molar-refractivity contribution in [3.8, 4) is 0 Å². The lowest BCUT2D eigenvalue weighted by Crippen LogP contribution is -2.26. The molecule has 0 bridgehead atoms. The number of ether oxygens (including phenoxy) is 1. The van der Waals surface area contributed by atoms with Gasteiger partial charge in [-0.3, -0.25) is 9.78 Å². The monoisotopic (exact) mass is 308 g/mol. The minimum Gasteiger partial charge on any atom is -0.463 e. The zero-order valence-electron chi connectivity index (χ0n) is 12.7. The Hall–Kier alpha value is -2.95. The number of para-hydroxylation sites is 1. The zero-order chi connectivity index (χ0) is 16.2. The van der Waals surface area contributed by atoms with Crippen molar-refractivity contribution in [2.45, 2.75) is 13.5 Å². The Balaban J connectivity index is 1.97. The van der Waals surface area contributed by atoms with E-state index in [2.05, 4.69) is 4.98 Å². The van der Waals surface area contributed by atoms with E-state index in [4.69, 9.17) is 4.74 Å². The molecular weight excluding hydrogens is 292 g/mol. The summed E-state index contributed by atoms with van der Waals surface area (Å²) >= 11 is 0. The molecular formula is C18H16N2O3. The number of anilines is 1. The SMILES string of the molecule is CCOC(=O)C=C1C(=O)N(Cc2cccnc2)c2ccccc21. The van der Waals surface area contributed by atoms with E-state index >= 15 is 0 Å². The fourth-order valence-corrected chi connectivity index (χ4v) is 2.58. The molecule has 5 nitrogen and oxygen atoms in total. The first-order valence-electron chi connectivity index (χ1n) is 7.39. The first kappa shape index (κ1) is 15.0. The highest BCUT2D eigenvalue weighted by Gasteiger charge is 2.32. The van der Waals surface area contributed by atoms with Crippen LogP contribution in [0.5, 0.6) is 0 Å². The number of fused-ring (bicyclic) bond motifs is 1. The average molecular weight is 308 g/mol. The number of carbonyl (C=O) groups is 2. The third kappa shape index (κ3) is 2.99. The Kier molecular flexibility index (Phi) is 4.19. The van der Waals surface area contributed by atoms with Gasteiger partial charge in [-0.15, -0.1) is 0 Å². The Morgan fingerprint density at radius 2 is 2.09 bits per heavy atom. The standard InChI is InChI=1S/C18H16N2O3/c1-2-23-17(21)10-15-14-7-3-4-8-16(14)20(18(15)22)12-13-6-5-9-19-11-13/h3-11H,2,12H2,1H3. The first-order valence-corrected chi connectivity index (χ1v) is 7.39. The number of hydrogen-bond acceptors (Lipinski definition) is 4. The summed E-state index contributed by atoms with van der Waals surface area (Å²) in [6.45, 7) is 2.41. The fourth-order valence-electron chi connectivity index (χ4n) is 2.58. The Morgan fingerprint density at radius 3 is 2.83 bits per heavy atom. The molecule has 23 heavy (non-hydrogen) atoms. The number of rotatable bonds is 4. The molecule has 5 heteroatoms. The number of hydrogen-bond donors (Lipinski definition) is 0. The van der Waals surface area contributed by atoms with Gasteiger partial charge in [0.15, 0.2) is 0 Å². The van der Waals surface area contributed by atoms with Crippen molar-refractivity contribution in [3.05, 3.63) is 66.0 Å². The second-order valence-corrected chi connectivity index (χ2v) is 5.08. The predicted molar refractivity (Wildman–Crippen MR) is 86.5 cm³/mol. The van der Waals surface area contributed by atoms with Crippen molar-refractivity contribution < 1.29 is 14.3 Å². The second-order valence-electron chi connectivity index (χ2n) is 5.08. The third-order valence-corrected chi connectivity index (χ3v) is 3.57. The van der Waals surface area contributed by atoms with E-state index in [9.17, 15) is 9.59 Å². The van der Waals surface area contributed by atoms with Crippen LogP contribution in [0.2, 0.25) is 0 Å². The normalized spacial score (nSPS) is 14.9. The molecule has 2 heterocycles. The van der Waals surface area contributed by atoms with Crippen molar-refractivity contribution in [2.24, 2.45) is 0 Å². The second kappa shape index (κ2) is 6.44. The van der Waals surface area contributed by atoms with E-state index in [0.717, 1.165) is 16.8 Å². The molecule has 0 radical (unpaired) electrons. The molecule has 0 spiro atoms. The van der Waals surface area contributed by atoms with Gasteiger partial charge in [0.1, 0.15) is 0 Å². The van der Waals surface area contributed by atoms with Crippen LogP contribution in [-0.2, 0) is 20.9 Å². The van der Waals surface area contributed by atoms with Crippen LogP contribution < -0.4 is 4.90 Å². The van der Waals surface area contributed by atoms with Crippen molar-refractivity contribution in [1.82, 2.24) is 4.98 Å². The summed E-state index contributed by atoms with van der Waals surface area (Å²) < 4.78 is 4.92. The maximum atomic E-state index is 12.7. The summed E-state index contributed by atoms with van der Waals surface area (Å²) in [5.74, 6) is -0.711. The van der Waals surface area contributed by atoms with Crippen LogP contribution in [0, 0.1) is 0 Å². The highest BCUT2D eigenvalue weighted by Crippen LogP contribution is 2.37. The number of benzene rings is 1. The smallest absolute Gasteiger partial charge is 0.331 e. The molecule has 0 saturated heterocycles. The Morgan fingerprint density at radius 1 is 1.26 bits per heavy atom. The molecule has 0 aliphatic carbocycles. The van der Waals surface area contributed by atoms with E-state index in [1.54, 1.807) is 24.2 Å². The number of amides is 1. The van der Waals surface area contributed by atoms with E-state index in [1.807, 2.05) is 36.4 Å². The van der Waals surface area contributed by atoms with Crippen LogP contribution in [0.4, 0.5) is 5.69 Å². The van der Waals surface area contributed by atoms with Gasteiger partial charge in [0.2, 0.25) is 0 Å². The van der Waals surface area contributed by atoms with Gasteiger partial charge in [-0.05, 0) is 24.6 Å². The number of pyridine rings is 1. The fraction of sp³-hybridized carbons (Fsp3) is 0.167. The number of aromatic nitrogens is 1. The van der Waals surface area contributed by atoms with Crippen molar-refractivity contribution in [1.29, 1.82) is 0 Å². The van der Waals surface area contributed by atoms with Crippen LogP contribution in [0.15, 0.2) is 54.9 Å². The van der Waals surface area contributed by atoms with Gasteiger partial charge in [0.25, 0.3) is 5.91 Å². The molecule has 0 saturated carbocycles. The summed E-state index contributed by atoms with van der Waals surface area (Å²) in [4.78, 5) is 30.2. The third-order valence-electron chi connectivity index (χ3n) is 3.57. The first-order chi connectivity index (χ1) is 11.2. The summed E-state index contributed by atoms with van der Waals surface area (Å²) in [6.07, 6.45) is 4.69. The summed E-state index contributed by atoms with van der Waals surface area (Å²) in [6, 6.07) is 11.2. The molecule has 1 aliphatic rings. The molecule has 3 rings (SSSR count). The van der Waals surface area contributed by atoms with E-state index < -0.39 is 5.97 Å². The Labute approximate surface area is 134 Å². The van der Waals surface area contributed by atoms with Crippen molar-refractivity contribution in [2.75, 3.05) is 11.5 Å². The van der Waals surface area contributed by atoms with Gasteiger partial charge in [0, 0.05) is 24.0 Å². The summed E-state index contributed by atoms with van der Waals surface area (Å²) in [5.41, 5.74) is 2.82. The van der Waals surface area contributed by atoms with Crippen molar-refractivity contribution >= 4 is 23.1 Å². The van der Waals surface area contributed by atoms with Gasteiger partial charge in [0.05, 0.1) is 24.4 Å². The number of nitrogens with zero attached hydrogens (tertiary/aromatic N) is 2. The summed E-state index contributed by atoms with van der Waals surface area (Å²) in [7, 11) is 0. The minimum atomic E-state index is -0.506. The van der Waals surface area contributed by atoms with Gasteiger partial charge < -0.3 is 9.64 Å². The van der Waals surface area contributed by atoms with Crippen LogP contribution in [0.1, 0.15) is 18.1 Å². The van der Waals surface area contributed by atoms with Crippen LogP contribution >= 0.6 is 0 Å². The molecule has 0 unspecified atom stereocenters. The molecule has 1 aromatic carbocycles. The average Bonchev–Trinajstić information content (AvgIpc) is 2.82. The minimum absolute atomic E-state index is 0.205. The maximum absolute atomic E-state index is 12.7. The van der Waals surface area contributed by atoms with Gasteiger partial charge in [-0.2, -0.15) is 0 Å². The quantitative estimate of drug-likeness (QED) is 0.643. The van der Waals surface area contributed by atoms with Gasteiger partial charge >= 0.3 is 5.97 Å². The van der Waals surface area contributed by atoms with E-state index in [1.165, 1.54) is 6.08 Å². The molecule has 2 aromatic rings. The van der Waals surface area contributed by atoms with Gasteiger partial charge in [-0.1, -0.05) is 24.3 Å². The lowest BCUT2D eigenvalue weighted by atomic mass is 10.1. The van der Waals surface area contributed by atoms with Gasteiger partial charge in [-0.25, -0.2) is 4.79 Å². The molecule has 116 valence electrons. The lowest BCUT2D eigenvalue weighted by Gasteiger charge is -2.16. The van der Waals surface area contributed by atoms with Crippen molar-refractivity contribution in [3.63, 3.8) is 0 Å². The Bertz CT molecular complexity index is 769. The number of esters is 1.